The lowest BCUT2D eigenvalue weighted by Crippen LogP contribution is -2.20. The van der Waals surface area contributed by atoms with E-state index in [9.17, 15) is 0 Å². The van der Waals surface area contributed by atoms with E-state index >= 15 is 0 Å². The van der Waals surface area contributed by atoms with E-state index < -0.39 is 0 Å². The Balaban J connectivity index is 2.58. The molecule has 0 aromatic carbocycles. The second-order valence-corrected chi connectivity index (χ2v) is 3.51. The van der Waals surface area contributed by atoms with E-state index in [1.807, 2.05) is 31.1 Å². The Hall–Kier alpha value is -0.960. The van der Waals surface area contributed by atoms with E-state index in [-0.39, 0.29) is 6.04 Å². The van der Waals surface area contributed by atoms with Crippen LogP contribution < -0.4 is 10.6 Å². The van der Waals surface area contributed by atoms with E-state index in [4.69, 9.17) is 10.2 Å². The van der Waals surface area contributed by atoms with Gasteiger partial charge in [-0.15, -0.1) is 0 Å². The summed E-state index contributed by atoms with van der Waals surface area (Å²) in [5, 5.41) is 0. The normalized spacial score (nSPS) is 12.9. The summed E-state index contributed by atoms with van der Waals surface area (Å²) in [7, 11) is 3.92. The van der Waals surface area contributed by atoms with Gasteiger partial charge >= 0.3 is 0 Å². The van der Waals surface area contributed by atoms with Crippen LogP contribution >= 0.6 is 0 Å². The zero-order valence-electron chi connectivity index (χ0n) is 8.58. The lowest BCUT2D eigenvalue weighted by atomic mass is 10.1. The van der Waals surface area contributed by atoms with Gasteiger partial charge in [0.05, 0.1) is 0 Å². The average molecular weight is 182 g/mol. The first-order valence-electron chi connectivity index (χ1n) is 4.65. The van der Waals surface area contributed by atoms with Gasteiger partial charge in [0, 0.05) is 32.6 Å². The Labute approximate surface area is 79.5 Å². The molecule has 1 rings (SSSR count). The van der Waals surface area contributed by atoms with Crippen LogP contribution in [0.25, 0.3) is 0 Å². The molecule has 0 bridgehead atoms. The summed E-state index contributed by atoms with van der Waals surface area (Å²) in [4.78, 5) is 1.95. The fourth-order valence-corrected chi connectivity index (χ4v) is 1.12. The van der Waals surface area contributed by atoms with Crippen molar-refractivity contribution in [2.75, 3.05) is 19.0 Å². The molecule has 0 spiro atoms. The number of furan rings is 1. The van der Waals surface area contributed by atoms with Gasteiger partial charge in [0.1, 0.15) is 5.76 Å². The van der Waals surface area contributed by atoms with Crippen molar-refractivity contribution < 1.29 is 4.42 Å². The van der Waals surface area contributed by atoms with Gasteiger partial charge in [-0.25, -0.2) is 0 Å². The molecule has 0 aliphatic carbocycles. The quantitative estimate of drug-likeness (QED) is 0.769. The zero-order chi connectivity index (χ0) is 9.84. The van der Waals surface area contributed by atoms with Crippen molar-refractivity contribution in [3.8, 4) is 0 Å². The highest BCUT2D eigenvalue weighted by atomic mass is 16.4. The number of hydrogen-bond acceptors (Lipinski definition) is 3. The maximum Gasteiger partial charge on any atom is 0.195 e. The van der Waals surface area contributed by atoms with Gasteiger partial charge in [0.2, 0.25) is 0 Å². The maximum atomic E-state index is 5.82. The molecule has 0 amide bonds. The Kier molecular flexibility index (Phi) is 3.37. The molecule has 0 aliphatic heterocycles. The van der Waals surface area contributed by atoms with E-state index in [0.717, 1.165) is 24.5 Å². The van der Waals surface area contributed by atoms with Gasteiger partial charge in [-0.1, -0.05) is 6.92 Å². The van der Waals surface area contributed by atoms with E-state index in [1.54, 1.807) is 0 Å². The van der Waals surface area contributed by atoms with Crippen molar-refractivity contribution in [3.05, 3.63) is 17.9 Å². The lowest BCUT2D eigenvalue weighted by molar-refractivity contribution is 0.481. The molecule has 13 heavy (non-hydrogen) atoms. The van der Waals surface area contributed by atoms with Gasteiger partial charge < -0.3 is 15.1 Å². The largest absolute Gasteiger partial charge is 0.446 e. The Morgan fingerprint density at radius 3 is 2.62 bits per heavy atom. The van der Waals surface area contributed by atoms with Gasteiger partial charge in [-0.2, -0.15) is 0 Å². The number of anilines is 1. The first kappa shape index (κ1) is 10.1. The molecule has 0 saturated heterocycles. The Bertz CT molecular complexity index is 255. The third kappa shape index (κ3) is 2.77. The first-order valence-corrected chi connectivity index (χ1v) is 4.65. The summed E-state index contributed by atoms with van der Waals surface area (Å²) in [6, 6.07) is 4.17. The van der Waals surface area contributed by atoms with Crippen molar-refractivity contribution in [2.45, 2.75) is 25.8 Å². The molecular formula is C10H18N2O. The summed E-state index contributed by atoms with van der Waals surface area (Å²) in [5.74, 6) is 1.86. The highest BCUT2D eigenvalue weighted by Crippen LogP contribution is 2.17. The summed E-state index contributed by atoms with van der Waals surface area (Å²) in [6.45, 7) is 2.08. The summed E-state index contributed by atoms with van der Waals surface area (Å²) >= 11 is 0. The first-order chi connectivity index (χ1) is 6.13. The predicted molar refractivity (Wildman–Crippen MR) is 55.0 cm³/mol. The van der Waals surface area contributed by atoms with E-state index in [1.165, 1.54) is 0 Å². The molecule has 3 heteroatoms. The molecule has 1 unspecified atom stereocenters. The smallest absolute Gasteiger partial charge is 0.195 e. The molecule has 0 fully saturated rings. The number of nitrogens with zero attached hydrogens (tertiary/aromatic N) is 1. The van der Waals surface area contributed by atoms with Crippen molar-refractivity contribution >= 4 is 5.88 Å². The van der Waals surface area contributed by atoms with Crippen LogP contribution in [0, 0.1) is 0 Å². The summed E-state index contributed by atoms with van der Waals surface area (Å²) in [6.07, 6.45) is 1.81. The monoisotopic (exact) mass is 182 g/mol. The van der Waals surface area contributed by atoms with Crippen molar-refractivity contribution in [3.63, 3.8) is 0 Å². The second-order valence-electron chi connectivity index (χ2n) is 3.51. The number of hydrogen-bond donors (Lipinski definition) is 1. The topological polar surface area (TPSA) is 42.4 Å². The predicted octanol–water partition coefficient (Wildman–Crippen LogP) is 1.63. The highest BCUT2D eigenvalue weighted by Gasteiger charge is 2.06. The van der Waals surface area contributed by atoms with Crippen LogP contribution in [0.1, 0.15) is 19.1 Å². The highest BCUT2D eigenvalue weighted by molar-refractivity contribution is 5.34. The van der Waals surface area contributed by atoms with E-state index in [2.05, 4.69) is 6.92 Å². The zero-order valence-corrected chi connectivity index (χ0v) is 8.58. The van der Waals surface area contributed by atoms with Gasteiger partial charge in [0.15, 0.2) is 5.88 Å². The molecule has 0 saturated carbocycles. The van der Waals surface area contributed by atoms with Crippen LogP contribution in [0.5, 0.6) is 0 Å². The standard InChI is InChI=1S/C10H18N2O/c1-4-8(11)7-9-5-6-10(13-9)12(2)3/h5-6,8H,4,7,11H2,1-3H3. The molecule has 74 valence electrons. The summed E-state index contributed by atoms with van der Waals surface area (Å²) < 4.78 is 5.56. The average Bonchev–Trinajstić information content (AvgIpc) is 2.52. The third-order valence-electron chi connectivity index (χ3n) is 2.08. The Morgan fingerprint density at radius 2 is 2.15 bits per heavy atom. The molecule has 1 aromatic heterocycles. The van der Waals surface area contributed by atoms with Crippen molar-refractivity contribution in [1.29, 1.82) is 0 Å². The van der Waals surface area contributed by atoms with Crippen LogP contribution in [0.2, 0.25) is 0 Å². The molecule has 0 aliphatic rings. The van der Waals surface area contributed by atoms with Crippen molar-refractivity contribution in [1.82, 2.24) is 0 Å². The SMILES string of the molecule is CCC(N)Cc1ccc(N(C)C)o1. The third-order valence-corrected chi connectivity index (χ3v) is 2.08. The molecular weight excluding hydrogens is 164 g/mol. The Morgan fingerprint density at radius 1 is 1.46 bits per heavy atom. The van der Waals surface area contributed by atoms with Crippen LogP contribution in [-0.4, -0.2) is 20.1 Å². The molecule has 1 aromatic rings. The molecule has 3 nitrogen and oxygen atoms in total. The minimum Gasteiger partial charge on any atom is -0.446 e. The second kappa shape index (κ2) is 4.33. The number of nitrogens with two attached hydrogens (primary N) is 1. The van der Waals surface area contributed by atoms with Gasteiger partial charge in [-0.3, -0.25) is 0 Å². The van der Waals surface area contributed by atoms with Crippen LogP contribution in [0.15, 0.2) is 16.5 Å². The van der Waals surface area contributed by atoms with Crippen LogP contribution in [-0.2, 0) is 6.42 Å². The lowest BCUT2D eigenvalue weighted by Gasteiger charge is -2.08. The fourth-order valence-electron chi connectivity index (χ4n) is 1.12. The van der Waals surface area contributed by atoms with Crippen LogP contribution in [0.3, 0.4) is 0 Å². The van der Waals surface area contributed by atoms with Gasteiger partial charge in [0.25, 0.3) is 0 Å². The van der Waals surface area contributed by atoms with Crippen LogP contribution in [0.4, 0.5) is 5.88 Å². The molecule has 0 radical (unpaired) electrons. The van der Waals surface area contributed by atoms with Crippen molar-refractivity contribution in [2.24, 2.45) is 5.73 Å². The molecule has 1 heterocycles. The van der Waals surface area contributed by atoms with Gasteiger partial charge in [-0.05, 0) is 12.5 Å². The van der Waals surface area contributed by atoms with E-state index in [0.29, 0.717) is 0 Å². The fraction of sp³-hybridized carbons (Fsp3) is 0.600. The minimum atomic E-state index is 0.209. The molecule has 1 atom stereocenters. The minimum absolute atomic E-state index is 0.209. The number of rotatable bonds is 4. The summed E-state index contributed by atoms with van der Waals surface area (Å²) in [5.41, 5.74) is 5.82. The molecule has 2 N–H and O–H groups in total. The maximum absolute atomic E-state index is 5.82.